The van der Waals surface area contributed by atoms with E-state index in [1.54, 1.807) is 0 Å². The van der Waals surface area contributed by atoms with Gasteiger partial charge in [0.25, 0.3) is 0 Å². The van der Waals surface area contributed by atoms with Crippen molar-refractivity contribution in [2.45, 2.75) is 50.7 Å². The molecule has 24 heavy (non-hydrogen) atoms. The van der Waals surface area contributed by atoms with Crippen molar-refractivity contribution in [1.82, 2.24) is 0 Å². The Balaban J connectivity index is 1.51. The standard InChI is InChI=1S/C16H20O8/c17-13(23-11-4-6-21-15(11)19)9-2-1-3-10(8-9)14(18)24-12-5-7-22-16(12)20/h9-12H,1-8H2/t9-,10+,11-,12+. The van der Waals surface area contributed by atoms with Gasteiger partial charge in [0, 0.05) is 12.8 Å². The first-order valence-corrected chi connectivity index (χ1v) is 8.29. The predicted molar refractivity (Wildman–Crippen MR) is 76.4 cm³/mol. The van der Waals surface area contributed by atoms with Crippen LogP contribution in [0.15, 0.2) is 0 Å². The molecule has 0 aromatic heterocycles. The molecule has 2 aliphatic heterocycles. The van der Waals surface area contributed by atoms with Crippen LogP contribution < -0.4 is 0 Å². The van der Waals surface area contributed by atoms with Gasteiger partial charge in [0.2, 0.25) is 12.2 Å². The van der Waals surface area contributed by atoms with E-state index >= 15 is 0 Å². The number of carbonyl (C=O) groups excluding carboxylic acids is 4. The Kier molecular flexibility index (Phi) is 5.01. The molecule has 4 atom stereocenters. The average molecular weight is 340 g/mol. The lowest BCUT2D eigenvalue weighted by Gasteiger charge is -2.27. The fourth-order valence-electron chi connectivity index (χ4n) is 3.26. The van der Waals surface area contributed by atoms with E-state index in [0.717, 1.165) is 0 Å². The third-order valence-electron chi connectivity index (χ3n) is 4.63. The molecule has 0 spiro atoms. The van der Waals surface area contributed by atoms with Crippen molar-refractivity contribution < 1.29 is 38.1 Å². The third kappa shape index (κ3) is 3.68. The SMILES string of the molecule is O=C(O[C@H]1CCOC1=O)[C@H]1CCC[C@@H](C(=O)O[C@@H]2CCOC2=O)C1. The Hall–Kier alpha value is -2.12. The summed E-state index contributed by atoms with van der Waals surface area (Å²) in [5.74, 6) is -2.88. The van der Waals surface area contributed by atoms with E-state index in [1.807, 2.05) is 0 Å². The molecule has 1 saturated carbocycles. The largest absolute Gasteiger partial charge is 0.463 e. The lowest BCUT2D eigenvalue weighted by Crippen LogP contribution is -2.34. The second kappa shape index (κ2) is 7.19. The van der Waals surface area contributed by atoms with Gasteiger partial charge in [-0.05, 0) is 19.3 Å². The zero-order valence-electron chi connectivity index (χ0n) is 13.2. The van der Waals surface area contributed by atoms with Crippen LogP contribution in [0.5, 0.6) is 0 Å². The molecule has 0 unspecified atom stereocenters. The summed E-state index contributed by atoms with van der Waals surface area (Å²) in [5, 5.41) is 0. The highest BCUT2D eigenvalue weighted by Gasteiger charge is 2.38. The van der Waals surface area contributed by atoms with Crippen molar-refractivity contribution in [1.29, 1.82) is 0 Å². The summed E-state index contributed by atoms with van der Waals surface area (Å²) in [4.78, 5) is 47.2. The smallest absolute Gasteiger partial charge is 0.347 e. The third-order valence-corrected chi connectivity index (χ3v) is 4.63. The molecule has 2 heterocycles. The molecule has 0 bridgehead atoms. The van der Waals surface area contributed by atoms with Crippen LogP contribution in [0.4, 0.5) is 0 Å². The highest BCUT2D eigenvalue weighted by atomic mass is 16.6. The van der Waals surface area contributed by atoms with Gasteiger partial charge in [-0.2, -0.15) is 0 Å². The first-order chi connectivity index (χ1) is 11.5. The molecule has 3 rings (SSSR count). The van der Waals surface area contributed by atoms with E-state index in [-0.39, 0.29) is 13.2 Å². The summed E-state index contributed by atoms with van der Waals surface area (Å²) in [6.45, 7) is 0.516. The van der Waals surface area contributed by atoms with Crippen molar-refractivity contribution in [3.63, 3.8) is 0 Å². The molecule has 1 aliphatic carbocycles. The minimum absolute atomic E-state index is 0.258. The van der Waals surface area contributed by atoms with Crippen LogP contribution in [0.25, 0.3) is 0 Å². The molecule has 2 saturated heterocycles. The van der Waals surface area contributed by atoms with E-state index in [2.05, 4.69) is 0 Å². The molecular formula is C16H20O8. The summed E-state index contributed by atoms with van der Waals surface area (Å²) >= 11 is 0. The van der Waals surface area contributed by atoms with Gasteiger partial charge < -0.3 is 18.9 Å². The topological polar surface area (TPSA) is 105 Å². The maximum Gasteiger partial charge on any atom is 0.347 e. The Morgan fingerprint density at radius 3 is 1.62 bits per heavy atom. The first-order valence-electron chi connectivity index (χ1n) is 8.29. The van der Waals surface area contributed by atoms with Crippen LogP contribution in [0.2, 0.25) is 0 Å². The fourth-order valence-corrected chi connectivity index (χ4v) is 3.26. The van der Waals surface area contributed by atoms with Crippen LogP contribution in [-0.2, 0) is 38.1 Å². The molecule has 8 nitrogen and oxygen atoms in total. The average Bonchev–Trinajstić information content (AvgIpc) is 3.16. The van der Waals surface area contributed by atoms with E-state index in [1.165, 1.54) is 0 Å². The number of carbonyl (C=O) groups is 4. The summed E-state index contributed by atoms with van der Waals surface area (Å²) in [6, 6.07) is 0. The number of ether oxygens (including phenoxy) is 4. The summed E-state index contributed by atoms with van der Waals surface area (Å²) in [5.41, 5.74) is 0. The Labute approximate surface area is 138 Å². The van der Waals surface area contributed by atoms with Crippen LogP contribution in [-0.4, -0.2) is 49.3 Å². The van der Waals surface area contributed by atoms with Gasteiger partial charge in [0.15, 0.2) is 0 Å². The number of cyclic esters (lactones) is 2. The second-order valence-electron chi connectivity index (χ2n) is 6.32. The molecule has 0 amide bonds. The molecule has 0 aromatic rings. The van der Waals surface area contributed by atoms with E-state index in [4.69, 9.17) is 18.9 Å². The molecular weight excluding hydrogens is 320 g/mol. The van der Waals surface area contributed by atoms with Crippen molar-refractivity contribution in [2.75, 3.05) is 13.2 Å². The van der Waals surface area contributed by atoms with Crippen LogP contribution in [0.3, 0.4) is 0 Å². The maximum absolute atomic E-state index is 12.2. The quantitative estimate of drug-likeness (QED) is 0.538. The Bertz CT molecular complexity index is 496. The number of esters is 4. The Morgan fingerprint density at radius 2 is 1.25 bits per heavy atom. The Morgan fingerprint density at radius 1 is 0.792 bits per heavy atom. The van der Waals surface area contributed by atoms with Gasteiger partial charge in [0.1, 0.15) is 0 Å². The maximum atomic E-state index is 12.2. The summed E-state index contributed by atoms with van der Waals surface area (Å²) < 4.78 is 19.9. The molecule has 3 fully saturated rings. The molecule has 0 N–H and O–H groups in total. The van der Waals surface area contributed by atoms with E-state index < -0.39 is 47.9 Å². The van der Waals surface area contributed by atoms with Crippen LogP contribution in [0.1, 0.15) is 38.5 Å². The lowest BCUT2D eigenvalue weighted by molar-refractivity contribution is -0.168. The first kappa shape index (κ1) is 16.7. The predicted octanol–water partition coefficient (Wildman–Crippen LogP) is 0.510. The van der Waals surface area contributed by atoms with Crippen molar-refractivity contribution in [3.8, 4) is 0 Å². The summed E-state index contributed by atoms with van der Waals surface area (Å²) in [6.07, 6.45) is 1.27. The number of rotatable bonds is 4. The minimum Gasteiger partial charge on any atom is -0.463 e. The normalized spacial score (nSPS) is 32.8. The molecule has 8 heteroatoms. The highest BCUT2D eigenvalue weighted by molar-refractivity contribution is 5.83. The van der Waals surface area contributed by atoms with Gasteiger partial charge in [-0.1, -0.05) is 6.42 Å². The zero-order chi connectivity index (χ0) is 17.1. The van der Waals surface area contributed by atoms with Gasteiger partial charge >= 0.3 is 23.9 Å². The number of hydrogen-bond donors (Lipinski definition) is 0. The summed E-state index contributed by atoms with van der Waals surface area (Å²) in [7, 11) is 0. The van der Waals surface area contributed by atoms with Crippen molar-refractivity contribution >= 4 is 23.9 Å². The van der Waals surface area contributed by atoms with Crippen LogP contribution in [0, 0.1) is 11.8 Å². The fraction of sp³-hybridized carbons (Fsp3) is 0.750. The van der Waals surface area contributed by atoms with Gasteiger partial charge in [-0.3, -0.25) is 9.59 Å². The minimum atomic E-state index is -0.835. The van der Waals surface area contributed by atoms with Crippen molar-refractivity contribution in [3.05, 3.63) is 0 Å². The monoisotopic (exact) mass is 340 g/mol. The van der Waals surface area contributed by atoms with Gasteiger partial charge in [-0.25, -0.2) is 9.59 Å². The van der Waals surface area contributed by atoms with Crippen molar-refractivity contribution in [2.24, 2.45) is 11.8 Å². The molecule has 132 valence electrons. The van der Waals surface area contributed by atoms with Crippen LogP contribution >= 0.6 is 0 Å². The van der Waals surface area contributed by atoms with E-state index in [0.29, 0.717) is 38.5 Å². The second-order valence-corrected chi connectivity index (χ2v) is 6.32. The highest BCUT2D eigenvalue weighted by Crippen LogP contribution is 2.32. The zero-order valence-corrected chi connectivity index (χ0v) is 13.2. The van der Waals surface area contributed by atoms with Gasteiger partial charge in [0.05, 0.1) is 25.0 Å². The molecule has 0 aromatic carbocycles. The lowest BCUT2D eigenvalue weighted by atomic mass is 9.81. The van der Waals surface area contributed by atoms with Gasteiger partial charge in [-0.15, -0.1) is 0 Å². The molecule has 0 radical (unpaired) electrons. The number of hydrogen-bond acceptors (Lipinski definition) is 8. The van der Waals surface area contributed by atoms with E-state index in [9.17, 15) is 19.2 Å². The molecule has 3 aliphatic rings.